The van der Waals surface area contributed by atoms with E-state index in [0.29, 0.717) is 13.1 Å². The standard InChI is InChI=1S/C10H21N3O3/c1-7(2)9(14)12-4-5-13-10(15)8(6-11)16-3/h7-8H,4-6,11H2,1-3H3,(H,12,14)(H,13,15). The van der Waals surface area contributed by atoms with Gasteiger partial charge in [-0.25, -0.2) is 0 Å². The van der Waals surface area contributed by atoms with Crippen LogP contribution in [0.5, 0.6) is 0 Å². The second kappa shape index (κ2) is 8.06. The quantitative estimate of drug-likeness (QED) is 0.482. The zero-order valence-electron chi connectivity index (χ0n) is 10.1. The first kappa shape index (κ1) is 14.9. The predicted octanol–water partition coefficient (Wildman–Crippen LogP) is -1.15. The summed E-state index contributed by atoms with van der Waals surface area (Å²) >= 11 is 0. The number of methoxy groups -OCH3 is 1. The maximum Gasteiger partial charge on any atom is 0.250 e. The van der Waals surface area contributed by atoms with Crippen LogP contribution in [0.3, 0.4) is 0 Å². The minimum absolute atomic E-state index is 0.0311. The van der Waals surface area contributed by atoms with Crippen LogP contribution in [-0.2, 0) is 14.3 Å². The van der Waals surface area contributed by atoms with Crippen molar-refractivity contribution in [3.63, 3.8) is 0 Å². The average Bonchev–Trinajstić information content (AvgIpc) is 2.25. The minimum atomic E-state index is -0.624. The molecular formula is C10H21N3O3. The van der Waals surface area contributed by atoms with Crippen molar-refractivity contribution in [3.05, 3.63) is 0 Å². The van der Waals surface area contributed by atoms with E-state index in [0.717, 1.165) is 0 Å². The lowest BCUT2D eigenvalue weighted by Gasteiger charge is -2.13. The van der Waals surface area contributed by atoms with Crippen molar-refractivity contribution in [3.8, 4) is 0 Å². The molecular weight excluding hydrogens is 210 g/mol. The van der Waals surface area contributed by atoms with Crippen LogP contribution in [0.4, 0.5) is 0 Å². The van der Waals surface area contributed by atoms with E-state index in [4.69, 9.17) is 10.5 Å². The molecule has 0 aromatic heterocycles. The Bertz CT molecular complexity index is 227. The Hall–Kier alpha value is -1.14. The molecule has 1 atom stereocenters. The van der Waals surface area contributed by atoms with Gasteiger partial charge < -0.3 is 21.1 Å². The maximum absolute atomic E-state index is 11.4. The summed E-state index contributed by atoms with van der Waals surface area (Å²) in [6, 6.07) is 0. The summed E-state index contributed by atoms with van der Waals surface area (Å²) < 4.78 is 4.85. The van der Waals surface area contributed by atoms with Crippen LogP contribution in [0, 0.1) is 5.92 Å². The summed E-state index contributed by atoms with van der Waals surface area (Å²) in [6.45, 7) is 4.54. The van der Waals surface area contributed by atoms with Gasteiger partial charge in [-0.2, -0.15) is 0 Å². The summed E-state index contributed by atoms with van der Waals surface area (Å²) in [5.74, 6) is -0.341. The van der Waals surface area contributed by atoms with E-state index in [1.165, 1.54) is 7.11 Å². The Labute approximate surface area is 95.9 Å². The second-order valence-corrected chi connectivity index (χ2v) is 3.70. The Balaban J connectivity index is 3.66. The van der Waals surface area contributed by atoms with Gasteiger partial charge in [-0.1, -0.05) is 13.8 Å². The third-order valence-electron chi connectivity index (χ3n) is 2.04. The highest BCUT2D eigenvalue weighted by Gasteiger charge is 2.14. The normalized spacial score (nSPS) is 12.3. The van der Waals surface area contributed by atoms with Crippen LogP contribution >= 0.6 is 0 Å². The molecule has 0 radical (unpaired) electrons. The van der Waals surface area contributed by atoms with E-state index in [2.05, 4.69) is 10.6 Å². The van der Waals surface area contributed by atoms with Crippen LogP contribution in [0.25, 0.3) is 0 Å². The van der Waals surface area contributed by atoms with E-state index < -0.39 is 6.10 Å². The summed E-state index contributed by atoms with van der Waals surface area (Å²) in [5.41, 5.74) is 5.32. The topological polar surface area (TPSA) is 93.4 Å². The summed E-state index contributed by atoms with van der Waals surface area (Å²) in [5, 5.41) is 5.31. The molecule has 4 N–H and O–H groups in total. The van der Waals surface area contributed by atoms with Crippen molar-refractivity contribution in [2.45, 2.75) is 20.0 Å². The molecule has 0 rings (SSSR count). The molecule has 16 heavy (non-hydrogen) atoms. The van der Waals surface area contributed by atoms with Crippen LogP contribution < -0.4 is 16.4 Å². The number of carbonyl (C=O) groups is 2. The Morgan fingerprint density at radius 2 is 1.69 bits per heavy atom. The van der Waals surface area contributed by atoms with E-state index in [1.54, 1.807) is 0 Å². The van der Waals surface area contributed by atoms with Gasteiger partial charge in [0, 0.05) is 32.7 Å². The molecule has 0 aliphatic carbocycles. The highest BCUT2D eigenvalue weighted by Crippen LogP contribution is 1.89. The molecule has 6 heteroatoms. The first-order chi connectivity index (χ1) is 7.52. The lowest BCUT2D eigenvalue weighted by molar-refractivity contribution is -0.130. The fraction of sp³-hybridized carbons (Fsp3) is 0.800. The Morgan fingerprint density at radius 1 is 1.19 bits per heavy atom. The van der Waals surface area contributed by atoms with Crippen molar-refractivity contribution in [1.29, 1.82) is 0 Å². The van der Waals surface area contributed by atoms with Gasteiger partial charge in [0.15, 0.2) is 0 Å². The molecule has 0 heterocycles. The molecule has 0 aromatic rings. The molecule has 1 unspecified atom stereocenters. The van der Waals surface area contributed by atoms with E-state index >= 15 is 0 Å². The molecule has 0 spiro atoms. The fourth-order valence-electron chi connectivity index (χ4n) is 1.000. The molecule has 94 valence electrons. The summed E-state index contributed by atoms with van der Waals surface area (Å²) in [6.07, 6.45) is -0.624. The van der Waals surface area contributed by atoms with Gasteiger partial charge in [-0.15, -0.1) is 0 Å². The van der Waals surface area contributed by atoms with Gasteiger partial charge in [0.2, 0.25) is 5.91 Å². The molecule has 0 saturated heterocycles. The zero-order valence-corrected chi connectivity index (χ0v) is 10.1. The zero-order chi connectivity index (χ0) is 12.6. The van der Waals surface area contributed by atoms with E-state index in [9.17, 15) is 9.59 Å². The molecule has 0 aliphatic rings. The van der Waals surface area contributed by atoms with Crippen molar-refractivity contribution in [2.75, 3.05) is 26.7 Å². The number of hydrogen-bond acceptors (Lipinski definition) is 4. The van der Waals surface area contributed by atoms with E-state index in [1.807, 2.05) is 13.8 Å². The van der Waals surface area contributed by atoms with Gasteiger partial charge in [-0.3, -0.25) is 9.59 Å². The number of ether oxygens (including phenoxy) is 1. The summed E-state index contributed by atoms with van der Waals surface area (Å²) in [4.78, 5) is 22.5. The SMILES string of the molecule is COC(CN)C(=O)NCCNC(=O)C(C)C. The largest absolute Gasteiger partial charge is 0.370 e. The monoisotopic (exact) mass is 231 g/mol. The minimum Gasteiger partial charge on any atom is -0.370 e. The third-order valence-corrected chi connectivity index (χ3v) is 2.04. The van der Waals surface area contributed by atoms with Crippen molar-refractivity contribution < 1.29 is 14.3 Å². The first-order valence-corrected chi connectivity index (χ1v) is 5.31. The van der Waals surface area contributed by atoms with Crippen LogP contribution in [-0.4, -0.2) is 44.7 Å². The first-order valence-electron chi connectivity index (χ1n) is 5.31. The Kier molecular flexibility index (Phi) is 7.49. The molecule has 0 saturated carbocycles. The molecule has 0 fully saturated rings. The second-order valence-electron chi connectivity index (χ2n) is 3.70. The van der Waals surface area contributed by atoms with Crippen LogP contribution in [0.1, 0.15) is 13.8 Å². The lowest BCUT2D eigenvalue weighted by Crippen LogP contribution is -2.43. The van der Waals surface area contributed by atoms with Crippen molar-refractivity contribution in [2.24, 2.45) is 11.7 Å². The number of rotatable bonds is 7. The average molecular weight is 231 g/mol. The lowest BCUT2D eigenvalue weighted by atomic mass is 10.2. The molecule has 2 amide bonds. The number of nitrogens with one attached hydrogen (secondary N) is 2. The molecule has 0 aliphatic heterocycles. The highest BCUT2D eigenvalue weighted by atomic mass is 16.5. The number of hydrogen-bond donors (Lipinski definition) is 3. The molecule has 0 aromatic carbocycles. The molecule has 0 bridgehead atoms. The Morgan fingerprint density at radius 3 is 2.06 bits per heavy atom. The van der Waals surface area contributed by atoms with Gasteiger partial charge in [0.05, 0.1) is 0 Å². The highest BCUT2D eigenvalue weighted by molar-refractivity contribution is 5.81. The number of nitrogens with two attached hydrogens (primary N) is 1. The predicted molar refractivity (Wildman–Crippen MR) is 60.7 cm³/mol. The van der Waals surface area contributed by atoms with Gasteiger partial charge in [0.1, 0.15) is 6.10 Å². The van der Waals surface area contributed by atoms with E-state index in [-0.39, 0.29) is 24.3 Å². The van der Waals surface area contributed by atoms with Gasteiger partial charge in [0.25, 0.3) is 5.91 Å². The van der Waals surface area contributed by atoms with Gasteiger partial charge in [-0.05, 0) is 0 Å². The smallest absolute Gasteiger partial charge is 0.250 e. The van der Waals surface area contributed by atoms with Crippen LogP contribution in [0.15, 0.2) is 0 Å². The number of carbonyl (C=O) groups excluding carboxylic acids is 2. The fourth-order valence-corrected chi connectivity index (χ4v) is 1.000. The molecule has 6 nitrogen and oxygen atoms in total. The van der Waals surface area contributed by atoms with Crippen LogP contribution in [0.2, 0.25) is 0 Å². The van der Waals surface area contributed by atoms with Gasteiger partial charge >= 0.3 is 0 Å². The van der Waals surface area contributed by atoms with Crippen molar-refractivity contribution >= 4 is 11.8 Å². The third kappa shape index (κ3) is 5.67. The maximum atomic E-state index is 11.4. The number of amides is 2. The van der Waals surface area contributed by atoms with Crippen molar-refractivity contribution in [1.82, 2.24) is 10.6 Å². The summed E-state index contributed by atoms with van der Waals surface area (Å²) in [7, 11) is 1.43.